The van der Waals surface area contributed by atoms with E-state index in [0.717, 1.165) is 4.88 Å². The zero-order valence-electron chi connectivity index (χ0n) is 11.2. The van der Waals surface area contributed by atoms with Crippen molar-refractivity contribution < 1.29 is 9.47 Å². The molecule has 0 aliphatic rings. The largest absolute Gasteiger partial charge is 0.483 e. The fourth-order valence-corrected chi connectivity index (χ4v) is 2.62. The highest BCUT2D eigenvalue weighted by Gasteiger charge is 2.10. The summed E-state index contributed by atoms with van der Waals surface area (Å²) < 4.78 is 11.1. The third-order valence-electron chi connectivity index (χ3n) is 2.68. The van der Waals surface area contributed by atoms with Crippen molar-refractivity contribution in [1.29, 1.82) is 0 Å². The van der Waals surface area contributed by atoms with Gasteiger partial charge in [0.25, 0.3) is 0 Å². The van der Waals surface area contributed by atoms with Gasteiger partial charge < -0.3 is 9.47 Å². The number of para-hydroxylation sites is 1. The van der Waals surface area contributed by atoms with Crippen LogP contribution in [0.3, 0.4) is 0 Å². The number of hydrogen-bond donors (Lipinski definition) is 0. The fourth-order valence-electron chi connectivity index (χ4n) is 1.65. The van der Waals surface area contributed by atoms with Gasteiger partial charge in [-0.25, -0.2) is 0 Å². The minimum absolute atomic E-state index is 0.113. The van der Waals surface area contributed by atoms with Crippen LogP contribution in [-0.4, -0.2) is 9.97 Å². The van der Waals surface area contributed by atoms with Gasteiger partial charge >= 0.3 is 6.01 Å². The molecule has 0 saturated carbocycles. The molecule has 4 nitrogen and oxygen atoms in total. The van der Waals surface area contributed by atoms with E-state index in [-0.39, 0.29) is 11.2 Å². The summed E-state index contributed by atoms with van der Waals surface area (Å²) in [6.07, 6.45) is 1.48. The molecular formula is C15H10Cl2N2O2S. The number of aromatic nitrogens is 2. The van der Waals surface area contributed by atoms with Crippen LogP contribution in [0.4, 0.5) is 0 Å². The molecule has 2 aromatic heterocycles. The zero-order chi connectivity index (χ0) is 15.4. The van der Waals surface area contributed by atoms with Gasteiger partial charge in [0.1, 0.15) is 12.4 Å². The Hall–Kier alpha value is -1.82. The van der Waals surface area contributed by atoms with Gasteiger partial charge in [-0.2, -0.15) is 9.97 Å². The monoisotopic (exact) mass is 352 g/mol. The molecule has 0 radical (unpaired) electrons. The second kappa shape index (κ2) is 6.96. The SMILES string of the molecule is Clc1ccccc1Oc1ncc(OCc2cccs2)c(Cl)n1. The van der Waals surface area contributed by atoms with E-state index in [0.29, 0.717) is 23.1 Å². The van der Waals surface area contributed by atoms with Crippen molar-refractivity contribution in [3.63, 3.8) is 0 Å². The molecule has 0 aliphatic carbocycles. The average Bonchev–Trinajstić information content (AvgIpc) is 3.02. The van der Waals surface area contributed by atoms with Crippen LogP contribution in [0.2, 0.25) is 10.2 Å². The first kappa shape index (κ1) is 15.1. The maximum atomic E-state index is 6.09. The van der Waals surface area contributed by atoms with E-state index in [1.165, 1.54) is 6.20 Å². The van der Waals surface area contributed by atoms with E-state index in [2.05, 4.69) is 9.97 Å². The van der Waals surface area contributed by atoms with Crippen LogP contribution in [-0.2, 0) is 6.61 Å². The number of rotatable bonds is 5. The third kappa shape index (κ3) is 3.68. The quantitative estimate of drug-likeness (QED) is 0.590. The third-order valence-corrected chi connectivity index (χ3v) is 4.11. The highest BCUT2D eigenvalue weighted by atomic mass is 35.5. The summed E-state index contributed by atoms with van der Waals surface area (Å²) in [5, 5.41) is 2.64. The van der Waals surface area contributed by atoms with Crippen molar-refractivity contribution in [2.45, 2.75) is 6.61 Å². The summed E-state index contributed by atoms with van der Waals surface area (Å²) in [5.74, 6) is 0.870. The number of hydrogen-bond acceptors (Lipinski definition) is 5. The van der Waals surface area contributed by atoms with Crippen LogP contribution < -0.4 is 9.47 Å². The van der Waals surface area contributed by atoms with Gasteiger partial charge in [0, 0.05) is 4.88 Å². The van der Waals surface area contributed by atoms with E-state index < -0.39 is 0 Å². The minimum Gasteiger partial charge on any atom is -0.483 e. The molecule has 0 fully saturated rings. The topological polar surface area (TPSA) is 44.2 Å². The van der Waals surface area contributed by atoms with Crippen LogP contribution in [0.1, 0.15) is 4.88 Å². The molecule has 0 saturated heterocycles. The van der Waals surface area contributed by atoms with E-state index >= 15 is 0 Å². The number of benzene rings is 1. The van der Waals surface area contributed by atoms with Crippen molar-refractivity contribution in [3.8, 4) is 17.5 Å². The smallest absolute Gasteiger partial charge is 0.323 e. The highest BCUT2D eigenvalue weighted by molar-refractivity contribution is 7.09. The summed E-state index contributed by atoms with van der Waals surface area (Å²) in [6, 6.07) is 11.1. The molecule has 3 rings (SSSR count). The Balaban J connectivity index is 1.70. The molecule has 0 spiro atoms. The number of halogens is 2. The first-order valence-electron chi connectivity index (χ1n) is 6.32. The predicted octanol–water partition coefficient (Wildman–Crippen LogP) is 5.22. The lowest BCUT2D eigenvalue weighted by Gasteiger charge is -2.08. The first-order chi connectivity index (χ1) is 10.7. The van der Waals surface area contributed by atoms with Crippen molar-refractivity contribution in [1.82, 2.24) is 9.97 Å². The maximum absolute atomic E-state index is 6.09. The first-order valence-corrected chi connectivity index (χ1v) is 7.96. The molecule has 22 heavy (non-hydrogen) atoms. The number of thiophene rings is 1. The Morgan fingerprint density at radius 3 is 2.64 bits per heavy atom. The molecule has 0 bridgehead atoms. The fraction of sp³-hybridized carbons (Fsp3) is 0.0667. The average molecular weight is 353 g/mol. The van der Waals surface area contributed by atoms with Crippen molar-refractivity contribution in [2.75, 3.05) is 0 Å². The zero-order valence-corrected chi connectivity index (χ0v) is 13.5. The van der Waals surface area contributed by atoms with Crippen LogP contribution in [0, 0.1) is 0 Å². The summed E-state index contributed by atoms with van der Waals surface area (Å²) in [7, 11) is 0. The summed E-state index contributed by atoms with van der Waals surface area (Å²) in [5.41, 5.74) is 0. The molecule has 2 heterocycles. The van der Waals surface area contributed by atoms with Gasteiger partial charge in [0.15, 0.2) is 10.9 Å². The molecule has 1 aromatic carbocycles. The molecule has 7 heteroatoms. The lowest BCUT2D eigenvalue weighted by molar-refractivity contribution is 0.305. The van der Waals surface area contributed by atoms with Gasteiger partial charge in [-0.05, 0) is 23.6 Å². The Morgan fingerprint density at radius 1 is 1.05 bits per heavy atom. The number of ether oxygens (including phenoxy) is 2. The number of nitrogens with zero attached hydrogens (tertiary/aromatic N) is 2. The minimum atomic E-state index is 0.113. The normalized spacial score (nSPS) is 10.5. The molecular weight excluding hydrogens is 343 g/mol. The van der Waals surface area contributed by atoms with Crippen LogP contribution >= 0.6 is 34.5 Å². The van der Waals surface area contributed by atoms with Crippen molar-refractivity contribution in [3.05, 3.63) is 63.0 Å². The highest BCUT2D eigenvalue weighted by Crippen LogP contribution is 2.29. The Kier molecular flexibility index (Phi) is 4.77. The molecule has 0 atom stereocenters. The van der Waals surface area contributed by atoms with E-state index in [4.69, 9.17) is 32.7 Å². The van der Waals surface area contributed by atoms with Crippen molar-refractivity contribution >= 4 is 34.5 Å². The predicted molar refractivity (Wildman–Crippen MR) is 87.2 cm³/mol. The van der Waals surface area contributed by atoms with Gasteiger partial charge in [-0.3, -0.25) is 0 Å². The lowest BCUT2D eigenvalue weighted by atomic mass is 10.3. The molecule has 0 aliphatic heterocycles. The van der Waals surface area contributed by atoms with Gasteiger partial charge in [-0.1, -0.05) is 41.4 Å². The van der Waals surface area contributed by atoms with E-state index in [1.807, 2.05) is 23.6 Å². The Bertz CT molecular complexity index is 766. The van der Waals surface area contributed by atoms with Gasteiger partial charge in [-0.15, -0.1) is 11.3 Å². The molecule has 0 amide bonds. The summed E-state index contributed by atoms with van der Waals surface area (Å²) in [4.78, 5) is 9.23. The second-order valence-electron chi connectivity index (χ2n) is 4.21. The van der Waals surface area contributed by atoms with E-state index in [9.17, 15) is 0 Å². The second-order valence-corrected chi connectivity index (χ2v) is 6.01. The van der Waals surface area contributed by atoms with Crippen molar-refractivity contribution in [2.24, 2.45) is 0 Å². The Labute approximate surface area is 141 Å². The van der Waals surface area contributed by atoms with Crippen LogP contribution in [0.25, 0.3) is 0 Å². The van der Waals surface area contributed by atoms with Crippen LogP contribution in [0.5, 0.6) is 17.5 Å². The van der Waals surface area contributed by atoms with Gasteiger partial charge in [0.2, 0.25) is 0 Å². The molecule has 3 aromatic rings. The molecule has 112 valence electrons. The molecule has 0 unspecified atom stereocenters. The lowest BCUT2D eigenvalue weighted by Crippen LogP contribution is -1.98. The van der Waals surface area contributed by atoms with E-state index in [1.54, 1.807) is 29.5 Å². The summed E-state index contributed by atoms with van der Waals surface area (Å²) >= 11 is 13.7. The molecule has 0 N–H and O–H groups in total. The van der Waals surface area contributed by atoms with Crippen LogP contribution in [0.15, 0.2) is 48.0 Å². The maximum Gasteiger partial charge on any atom is 0.323 e. The summed E-state index contributed by atoms with van der Waals surface area (Å²) in [6.45, 7) is 0.422. The van der Waals surface area contributed by atoms with Gasteiger partial charge in [0.05, 0.1) is 11.2 Å². The Morgan fingerprint density at radius 2 is 1.91 bits per heavy atom. The standard InChI is InChI=1S/C15H10Cl2N2O2S/c16-11-5-1-2-6-12(11)21-15-18-8-13(14(17)19-15)20-9-10-4-3-7-22-10/h1-8H,9H2.